The molecule has 0 atom stereocenters. The van der Waals surface area contributed by atoms with Crippen LogP contribution in [0, 0.1) is 0 Å². The number of aromatic nitrogens is 1. The van der Waals surface area contributed by atoms with E-state index in [0.29, 0.717) is 18.8 Å². The minimum absolute atomic E-state index is 0.0802. The third-order valence-electron chi connectivity index (χ3n) is 4.49. The molecule has 0 aliphatic carbocycles. The number of morpholine rings is 1. The maximum absolute atomic E-state index is 12.5. The number of carbonyl (C=O) groups excluding carboxylic acids is 1. The molecule has 1 aliphatic rings. The average molecular weight is 392 g/mol. The number of allylic oxidation sites excluding steroid dienone is 1. The van der Waals surface area contributed by atoms with Gasteiger partial charge in [0.15, 0.2) is 10.9 Å². The van der Waals surface area contributed by atoms with E-state index < -0.39 is 0 Å². The Morgan fingerprint density at radius 2 is 1.89 bits per heavy atom. The Kier molecular flexibility index (Phi) is 5.50. The van der Waals surface area contributed by atoms with Gasteiger partial charge in [-0.3, -0.25) is 4.79 Å². The molecule has 3 aromatic rings. The fourth-order valence-corrected chi connectivity index (χ4v) is 4.07. The Morgan fingerprint density at radius 3 is 2.64 bits per heavy atom. The van der Waals surface area contributed by atoms with Crippen molar-refractivity contribution in [3.8, 4) is 17.0 Å². The van der Waals surface area contributed by atoms with Crippen LogP contribution in [-0.2, 0) is 4.74 Å². The van der Waals surface area contributed by atoms with Crippen molar-refractivity contribution < 1.29 is 14.6 Å². The second kappa shape index (κ2) is 8.37. The highest BCUT2D eigenvalue weighted by Crippen LogP contribution is 2.34. The van der Waals surface area contributed by atoms with E-state index in [-0.39, 0.29) is 11.5 Å². The summed E-state index contributed by atoms with van der Waals surface area (Å²) in [6.07, 6.45) is 3.36. The molecule has 0 saturated carbocycles. The van der Waals surface area contributed by atoms with Gasteiger partial charge >= 0.3 is 0 Å². The molecule has 0 bridgehead atoms. The normalized spacial score (nSPS) is 14.5. The van der Waals surface area contributed by atoms with Crippen molar-refractivity contribution in [3.05, 3.63) is 71.1 Å². The fourth-order valence-electron chi connectivity index (χ4n) is 3.03. The van der Waals surface area contributed by atoms with E-state index in [2.05, 4.69) is 4.90 Å². The summed E-state index contributed by atoms with van der Waals surface area (Å²) in [6.45, 7) is 3.02. The molecular formula is C22H20N2O3S. The van der Waals surface area contributed by atoms with Gasteiger partial charge in [0.25, 0.3) is 0 Å². The Bertz CT molecular complexity index is 992. The number of phenols is 1. The lowest BCUT2D eigenvalue weighted by molar-refractivity contribution is 0.104. The van der Waals surface area contributed by atoms with Crippen LogP contribution >= 0.6 is 11.3 Å². The number of aromatic hydroxyl groups is 1. The molecule has 142 valence electrons. The lowest BCUT2D eigenvalue weighted by Gasteiger charge is -2.26. The van der Waals surface area contributed by atoms with E-state index in [1.165, 1.54) is 12.1 Å². The summed E-state index contributed by atoms with van der Waals surface area (Å²) < 4.78 is 5.44. The lowest BCUT2D eigenvalue weighted by Crippen LogP contribution is -2.36. The Hall–Kier alpha value is -2.96. The number of anilines is 1. The van der Waals surface area contributed by atoms with Crippen LogP contribution in [0.5, 0.6) is 5.75 Å². The Morgan fingerprint density at radius 1 is 1.11 bits per heavy atom. The summed E-state index contributed by atoms with van der Waals surface area (Å²) >= 11 is 1.57. The standard InChI is InChI=1S/C22H20N2O3S/c25-18-8-4-7-17(15-18)19(26)9-10-20-21(16-5-2-1-3-6-16)23-22(28-20)24-11-13-27-14-12-24/h1-10,15,25H,11-14H2/b10-9+. The van der Waals surface area contributed by atoms with Crippen molar-refractivity contribution in [2.24, 2.45) is 0 Å². The van der Waals surface area contributed by atoms with Gasteiger partial charge in [-0.05, 0) is 24.3 Å². The van der Waals surface area contributed by atoms with E-state index in [0.717, 1.165) is 34.4 Å². The first-order valence-corrected chi connectivity index (χ1v) is 9.93. The number of ketones is 1. The first-order chi connectivity index (χ1) is 13.7. The summed E-state index contributed by atoms with van der Waals surface area (Å²) in [5, 5.41) is 10.5. The van der Waals surface area contributed by atoms with Gasteiger partial charge in [0.1, 0.15) is 5.75 Å². The second-order valence-corrected chi connectivity index (χ2v) is 7.43. The molecule has 4 rings (SSSR count). The number of hydrogen-bond donors (Lipinski definition) is 1. The maximum atomic E-state index is 12.5. The molecule has 0 radical (unpaired) electrons. The zero-order valence-corrected chi connectivity index (χ0v) is 16.1. The minimum Gasteiger partial charge on any atom is -0.508 e. The van der Waals surface area contributed by atoms with Crippen molar-refractivity contribution >= 4 is 28.3 Å². The summed E-state index contributed by atoms with van der Waals surface area (Å²) in [4.78, 5) is 20.5. The van der Waals surface area contributed by atoms with E-state index in [4.69, 9.17) is 9.72 Å². The Labute approximate surface area is 167 Å². The van der Waals surface area contributed by atoms with Crippen LogP contribution in [0.1, 0.15) is 15.2 Å². The average Bonchev–Trinajstić information content (AvgIpc) is 3.17. The molecule has 1 aliphatic heterocycles. The summed E-state index contributed by atoms with van der Waals surface area (Å²) in [5.74, 6) is -0.0761. The third-order valence-corrected chi connectivity index (χ3v) is 5.57. The fraction of sp³-hybridized carbons (Fsp3) is 0.182. The van der Waals surface area contributed by atoms with Crippen LogP contribution in [0.2, 0.25) is 0 Å². The quantitative estimate of drug-likeness (QED) is 0.520. The number of carbonyl (C=O) groups is 1. The van der Waals surface area contributed by atoms with Crippen molar-refractivity contribution in [1.82, 2.24) is 4.98 Å². The summed E-state index contributed by atoms with van der Waals surface area (Å²) in [6, 6.07) is 16.3. The van der Waals surface area contributed by atoms with Crippen LogP contribution in [0.25, 0.3) is 17.3 Å². The van der Waals surface area contributed by atoms with Gasteiger partial charge in [0.05, 0.1) is 23.8 Å². The summed E-state index contributed by atoms with van der Waals surface area (Å²) in [5.41, 5.74) is 2.34. The number of nitrogens with zero attached hydrogens (tertiary/aromatic N) is 2. The largest absolute Gasteiger partial charge is 0.508 e. The highest BCUT2D eigenvalue weighted by atomic mass is 32.1. The van der Waals surface area contributed by atoms with Crippen LogP contribution in [0.15, 0.2) is 60.7 Å². The summed E-state index contributed by atoms with van der Waals surface area (Å²) in [7, 11) is 0. The van der Waals surface area contributed by atoms with Gasteiger partial charge in [-0.1, -0.05) is 53.8 Å². The van der Waals surface area contributed by atoms with E-state index in [1.54, 1.807) is 29.5 Å². The van der Waals surface area contributed by atoms with Gasteiger partial charge in [-0.15, -0.1) is 0 Å². The number of rotatable bonds is 5. The zero-order chi connectivity index (χ0) is 19.3. The Balaban J connectivity index is 1.66. The molecule has 6 heteroatoms. The molecule has 0 amide bonds. The molecule has 1 N–H and O–H groups in total. The predicted molar refractivity (Wildman–Crippen MR) is 112 cm³/mol. The van der Waals surface area contributed by atoms with E-state index >= 15 is 0 Å². The van der Waals surface area contributed by atoms with Gasteiger partial charge < -0.3 is 14.7 Å². The smallest absolute Gasteiger partial charge is 0.186 e. The molecule has 1 fully saturated rings. The van der Waals surface area contributed by atoms with Crippen LogP contribution < -0.4 is 4.90 Å². The minimum atomic E-state index is -0.156. The molecule has 2 heterocycles. The lowest BCUT2D eigenvalue weighted by atomic mass is 10.1. The van der Waals surface area contributed by atoms with Crippen LogP contribution in [-0.4, -0.2) is 42.2 Å². The molecular weight excluding hydrogens is 372 g/mol. The first-order valence-electron chi connectivity index (χ1n) is 9.11. The van der Waals surface area contributed by atoms with Crippen LogP contribution in [0.3, 0.4) is 0 Å². The third kappa shape index (κ3) is 4.13. The van der Waals surface area contributed by atoms with Gasteiger partial charge in [0.2, 0.25) is 0 Å². The van der Waals surface area contributed by atoms with E-state index in [1.807, 2.05) is 36.4 Å². The second-order valence-electron chi connectivity index (χ2n) is 6.42. The molecule has 1 aromatic heterocycles. The predicted octanol–water partition coefficient (Wildman–Crippen LogP) is 4.25. The van der Waals surface area contributed by atoms with Gasteiger partial charge in [0, 0.05) is 24.2 Å². The van der Waals surface area contributed by atoms with Gasteiger partial charge in [-0.2, -0.15) is 0 Å². The topological polar surface area (TPSA) is 62.7 Å². The van der Waals surface area contributed by atoms with Crippen molar-refractivity contribution in [2.45, 2.75) is 0 Å². The number of thiazole rings is 1. The van der Waals surface area contributed by atoms with Crippen molar-refractivity contribution in [1.29, 1.82) is 0 Å². The number of hydrogen-bond acceptors (Lipinski definition) is 6. The number of ether oxygens (including phenoxy) is 1. The molecule has 0 spiro atoms. The first kappa shape index (κ1) is 18.4. The zero-order valence-electron chi connectivity index (χ0n) is 15.2. The van der Waals surface area contributed by atoms with Crippen molar-refractivity contribution in [3.63, 3.8) is 0 Å². The monoisotopic (exact) mass is 392 g/mol. The van der Waals surface area contributed by atoms with Gasteiger partial charge in [-0.25, -0.2) is 4.98 Å². The van der Waals surface area contributed by atoms with E-state index in [9.17, 15) is 9.90 Å². The molecule has 1 saturated heterocycles. The molecule has 2 aromatic carbocycles. The number of benzene rings is 2. The molecule has 28 heavy (non-hydrogen) atoms. The molecule has 5 nitrogen and oxygen atoms in total. The van der Waals surface area contributed by atoms with Crippen molar-refractivity contribution in [2.75, 3.05) is 31.2 Å². The maximum Gasteiger partial charge on any atom is 0.186 e. The molecule has 0 unspecified atom stereocenters. The highest BCUT2D eigenvalue weighted by Gasteiger charge is 2.18. The number of phenolic OH excluding ortho intramolecular Hbond substituents is 1. The van der Waals surface area contributed by atoms with Crippen LogP contribution in [0.4, 0.5) is 5.13 Å². The highest BCUT2D eigenvalue weighted by molar-refractivity contribution is 7.17. The SMILES string of the molecule is O=C(/C=C/c1sc(N2CCOCC2)nc1-c1ccccc1)c1cccc(O)c1.